The molecule has 0 fully saturated rings. The van der Waals surface area contributed by atoms with Crippen molar-refractivity contribution in [3.8, 4) is 28.0 Å². The molecule has 0 aliphatic heterocycles. The molecule has 0 atom stereocenters. The van der Waals surface area contributed by atoms with Crippen molar-refractivity contribution in [2.75, 3.05) is 0 Å². The number of phenolic OH excluding ortho intramolecular Hbond substituents is 1. The molecule has 122 valence electrons. The highest BCUT2D eigenvalue weighted by atomic mass is 19.4. The summed E-state index contributed by atoms with van der Waals surface area (Å²) in [5.74, 6) is -0.505. The number of phenols is 1. The molecule has 0 amide bonds. The van der Waals surface area contributed by atoms with Crippen LogP contribution in [0.4, 0.5) is 17.6 Å². The molecule has 6 heteroatoms. The van der Waals surface area contributed by atoms with Crippen molar-refractivity contribution in [1.29, 1.82) is 0 Å². The van der Waals surface area contributed by atoms with E-state index in [0.717, 1.165) is 12.3 Å². The van der Waals surface area contributed by atoms with Crippen LogP contribution in [0.1, 0.15) is 5.69 Å². The van der Waals surface area contributed by atoms with Gasteiger partial charge >= 0.3 is 6.18 Å². The lowest BCUT2D eigenvalue weighted by Gasteiger charge is -2.10. The number of aromatic hydroxyl groups is 1. The lowest BCUT2D eigenvalue weighted by molar-refractivity contribution is -0.141. The van der Waals surface area contributed by atoms with Crippen molar-refractivity contribution >= 4 is 0 Å². The minimum absolute atomic E-state index is 0.100. The van der Waals surface area contributed by atoms with Crippen LogP contribution >= 0.6 is 0 Å². The number of benzene rings is 2. The third kappa shape index (κ3) is 3.22. The maximum atomic E-state index is 13.3. The van der Waals surface area contributed by atoms with Crippen LogP contribution in [0.3, 0.4) is 0 Å². The Hall–Kier alpha value is -2.89. The molecular formula is C18H11F4NO. The SMILES string of the molecule is Oc1ccc(-c2cccc(F)c2)cc1-c1ccc(C(F)(F)F)nc1. The Labute approximate surface area is 135 Å². The molecule has 0 spiro atoms. The first kappa shape index (κ1) is 16.0. The Morgan fingerprint density at radius 2 is 1.54 bits per heavy atom. The maximum absolute atomic E-state index is 13.3. The fraction of sp³-hybridized carbons (Fsp3) is 0.0556. The zero-order valence-corrected chi connectivity index (χ0v) is 12.2. The Kier molecular flexibility index (Phi) is 3.97. The third-order valence-electron chi connectivity index (χ3n) is 3.52. The van der Waals surface area contributed by atoms with Gasteiger partial charge in [0, 0.05) is 17.3 Å². The fourth-order valence-corrected chi connectivity index (χ4v) is 2.34. The highest BCUT2D eigenvalue weighted by Gasteiger charge is 2.32. The highest BCUT2D eigenvalue weighted by molar-refractivity contribution is 5.77. The van der Waals surface area contributed by atoms with Crippen LogP contribution in [0.25, 0.3) is 22.3 Å². The first-order chi connectivity index (χ1) is 11.3. The van der Waals surface area contributed by atoms with E-state index in [-0.39, 0.29) is 5.75 Å². The molecule has 0 radical (unpaired) electrons. The molecule has 0 saturated heterocycles. The first-order valence-corrected chi connectivity index (χ1v) is 6.97. The average Bonchev–Trinajstić information content (AvgIpc) is 2.55. The summed E-state index contributed by atoms with van der Waals surface area (Å²) < 4.78 is 51.1. The number of aromatic nitrogens is 1. The predicted octanol–water partition coefficient (Wildman–Crippen LogP) is 5.28. The largest absolute Gasteiger partial charge is 0.507 e. The Balaban J connectivity index is 2.03. The van der Waals surface area contributed by atoms with Crippen molar-refractivity contribution in [3.63, 3.8) is 0 Å². The van der Waals surface area contributed by atoms with E-state index in [4.69, 9.17) is 0 Å². The van der Waals surface area contributed by atoms with Crippen LogP contribution in [0, 0.1) is 5.82 Å². The summed E-state index contributed by atoms with van der Waals surface area (Å²) in [5, 5.41) is 9.99. The third-order valence-corrected chi connectivity index (χ3v) is 3.52. The summed E-state index contributed by atoms with van der Waals surface area (Å²) in [7, 11) is 0. The number of halogens is 4. The zero-order valence-electron chi connectivity index (χ0n) is 12.2. The summed E-state index contributed by atoms with van der Waals surface area (Å²) in [4.78, 5) is 3.39. The van der Waals surface area contributed by atoms with Gasteiger partial charge in [-0.15, -0.1) is 0 Å². The van der Waals surface area contributed by atoms with Gasteiger partial charge in [0.25, 0.3) is 0 Å². The van der Waals surface area contributed by atoms with E-state index in [2.05, 4.69) is 4.98 Å². The summed E-state index contributed by atoms with van der Waals surface area (Å²) in [6, 6.07) is 12.6. The number of nitrogens with zero attached hydrogens (tertiary/aromatic N) is 1. The van der Waals surface area contributed by atoms with Crippen LogP contribution in [-0.2, 0) is 6.18 Å². The molecule has 3 aromatic rings. The summed E-state index contributed by atoms with van der Waals surface area (Å²) >= 11 is 0. The number of rotatable bonds is 2. The van der Waals surface area contributed by atoms with Gasteiger partial charge in [0.15, 0.2) is 0 Å². The van der Waals surface area contributed by atoms with Gasteiger partial charge in [0.05, 0.1) is 0 Å². The van der Waals surface area contributed by atoms with Gasteiger partial charge in [0.2, 0.25) is 0 Å². The zero-order chi connectivity index (χ0) is 17.3. The minimum Gasteiger partial charge on any atom is -0.507 e. The van der Waals surface area contributed by atoms with E-state index in [1.165, 1.54) is 24.3 Å². The molecule has 1 N–H and O–H groups in total. The molecule has 2 aromatic carbocycles. The van der Waals surface area contributed by atoms with Crippen LogP contribution in [0.2, 0.25) is 0 Å². The van der Waals surface area contributed by atoms with Gasteiger partial charge in [0.1, 0.15) is 17.3 Å². The lowest BCUT2D eigenvalue weighted by Crippen LogP contribution is -2.07. The summed E-state index contributed by atoms with van der Waals surface area (Å²) in [6.45, 7) is 0. The Morgan fingerprint density at radius 3 is 2.17 bits per heavy atom. The van der Waals surface area contributed by atoms with Gasteiger partial charge in [-0.3, -0.25) is 4.98 Å². The molecule has 1 aromatic heterocycles. The molecule has 0 unspecified atom stereocenters. The van der Waals surface area contributed by atoms with E-state index in [9.17, 15) is 22.7 Å². The average molecular weight is 333 g/mol. The molecule has 0 saturated carbocycles. The quantitative estimate of drug-likeness (QED) is 0.647. The fourth-order valence-electron chi connectivity index (χ4n) is 2.34. The van der Waals surface area contributed by atoms with Crippen molar-refractivity contribution in [2.24, 2.45) is 0 Å². The highest BCUT2D eigenvalue weighted by Crippen LogP contribution is 2.35. The van der Waals surface area contributed by atoms with E-state index in [1.807, 2.05) is 0 Å². The van der Waals surface area contributed by atoms with Crippen LogP contribution in [0.15, 0.2) is 60.8 Å². The second-order valence-electron chi connectivity index (χ2n) is 5.17. The molecule has 0 aliphatic carbocycles. The maximum Gasteiger partial charge on any atom is 0.433 e. The number of pyridine rings is 1. The van der Waals surface area contributed by atoms with Gasteiger partial charge in [-0.2, -0.15) is 13.2 Å². The van der Waals surface area contributed by atoms with Crippen LogP contribution in [-0.4, -0.2) is 10.1 Å². The van der Waals surface area contributed by atoms with Gasteiger partial charge in [-0.1, -0.05) is 24.3 Å². The number of hydrogen-bond donors (Lipinski definition) is 1. The molecule has 0 aliphatic rings. The predicted molar refractivity (Wildman–Crippen MR) is 81.7 cm³/mol. The number of hydrogen-bond acceptors (Lipinski definition) is 2. The second kappa shape index (κ2) is 5.96. The topological polar surface area (TPSA) is 33.1 Å². The van der Waals surface area contributed by atoms with Gasteiger partial charge in [-0.05, 0) is 41.5 Å². The molecule has 1 heterocycles. The normalized spacial score (nSPS) is 11.5. The molecule has 24 heavy (non-hydrogen) atoms. The van der Waals surface area contributed by atoms with E-state index < -0.39 is 17.7 Å². The van der Waals surface area contributed by atoms with E-state index >= 15 is 0 Å². The van der Waals surface area contributed by atoms with Crippen molar-refractivity contribution in [2.45, 2.75) is 6.18 Å². The summed E-state index contributed by atoms with van der Waals surface area (Å²) in [6.07, 6.45) is -3.47. The molecule has 0 bridgehead atoms. The lowest BCUT2D eigenvalue weighted by atomic mass is 9.99. The van der Waals surface area contributed by atoms with Crippen molar-refractivity contribution in [1.82, 2.24) is 4.98 Å². The number of alkyl halides is 3. The minimum atomic E-state index is -4.52. The molecular weight excluding hydrogens is 322 g/mol. The monoisotopic (exact) mass is 333 g/mol. The van der Waals surface area contributed by atoms with Crippen LogP contribution < -0.4 is 0 Å². The van der Waals surface area contributed by atoms with Crippen molar-refractivity contribution in [3.05, 3.63) is 72.3 Å². The van der Waals surface area contributed by atoms with Crippen molar-refractivity contribution < 1.29 is 22.7 Å². The Bertz CT molecular complexity index is 873. The second-order valence-corrected chi connectivity index (χ2v) is 5.17. The first-order valence-electron chi connectivity index (χ1n) is 6.97. The standard InChI is InChI=1S/C18H11F4NO/c19-14-3-1-2-11(8-14)12-4-6-16(24)15(9-12)13-5-7-17(23-10-13)18(20,21)22/h1-10,24H. The van der Waals surface area contributed by atoms with Gasteiger partial charge < -0.3 is 5.11 Å². The van der Waals surface area contributed by atoms with E-state index in [1.54, 1.807) is 24.3 Å². The molecule has 3 rings (SSSR count). The smallest absolute Gasteiger partial charge is 0.433 e. The van der Waals surface area contributed by atoms with Gasteiger partial charge in [-0.25, -0.2) is 4.39 Å². The van der Waals surface area contributed by atoms with E-state index in [0.29, 0.717) is 22.3 Å². The Morgan fingerprint density at radius 1 is 0.833 bits per heavy atom. The summed E-state index contributed by atoms with van der Waals surface area (Å²) in [5.41, 5.74) is 0.863. The molecule has 2 nitrogen and oxygen atoms in total. The van der Waals surface area contributed by atoms with Crippen LogP contribution in [0.5, 0.6) is 5.75 Å².